The Hall–Kier alpha value is -1.39. The van der Waals surface area contributed by atoms with Crippen molar-refractivity contribution in [1.82, 2.24) is 10.2 Å². The summed E-state index contributed by atoms with van der Waals surface area (Å²) in [6.07, 6.45) is 1.60. The predicted octanol–water partition coefficient (Wildman–Crippen LogP) is 0.869. The SMILES string of the molecule is CN1CCNCC1CCN1C(=O)Cc2ccccc21. The minimum atomic E-state index is 0.243. The van der Waals surface area contributed by atoms with Crippen molar-refractivity contribution >= 4 is 11.6 Å². The molecule has 1 saturated heterocycles. The van der Waals surface area contributed by atoms with Crippen LogP contribution in [0.15, 0.2) is 24.3 Å². The molecule has 4 nitrogen and oxygen atoms in total. The van der Waals surface area contributed by atoms with Gasteiger partial charge < -0.3 is 15.1 Å². The van der Waals surface area contributed by atoms with E-state index in [0.29, 0.717) is 12.5 Å². The fraction of sp³-hybridized carbons (Fsp3) is 0.533. The van der Waals surface area contributed by atoms with Crippen LogP contribution in [0.3, 0.4) is 0 Å². The number of anilines is 1. The number of carbonyl (C=O) groups excluding carboxylic acids is 1. The molecule has 2 aliphatic rings. The summed E-state index contributed by atoms with van der Waals surface area (Å²) in [5.41, 5.74) is 2.28. The molecule has 0 bridgehead atoms. The Kier molecular flexibility index (Phi) is 3.53. The van der Waals surface area contributed by atoms with E-state index in [1.165, 1.54) is 5.56 Å². The number of hydrogen-bond acceptors (Lipinski definition) is 3. The molecule has 1 atom stereocenters. The monoisotopic (exact) mass is 259 g/mol. The van der Waals surface area contributed by atoms with Crippen molar-refractivity contribution in [2.24, 2.45) is 0 Å². The highest BCUT2D eigenvalue weighted by atomic mass is 16.2. The Labute approximate surface area is 114 Å². The summed E-state index contributed by atoms with van der Waals surface area (Å²) >= 11 is 0. The average molecular weight is 259 g/mol. The molecule has 1 fully saturated rings. The number of carbonyl (C=O) groups is 1. The van der Waals surface area contributed by atoms with Gasteiger partial charge in [-0.25, -0.2) is 0 Å². The van der Waals surface area contributed by atoms with Crippen LogP contribution in [-0.2, 0) is 11.2 Å². The third-order valence-electron chi connectivity index (χ3n) is 4.26. The second-order valence-electron chi connectivity index (χ2n) is 5.48. The first kappa shape index (κ1) is 12.6. The lowest BCUT2D eigenvalue weighted by Crippen LogP contribution is -2.50. The first-order valence-corrected chi connectivity index (χ1v) is 7.05. The van der Waals surface area contributed by atoms with E-state index in [1.807, 2.05) is 17.0 Å². The third-order valence-corrected chi connectivity index (χ3v) is 4.26. The Bertz CT molecular complexity index is 474. The van der Waals surface area contributed by atoms with Gasteiger partial charge in [-0.05, 0) is 25.1 Å². The highest BCUT2D eigenvalue weighted by molar-refractivity contribution is 6.01. The highest BCUT2D eigenvalue weighted by Gasteiger charge is 2.28. The lowest BCUT2D eigenvalue weighted by molar-refractivity contribution is -0.117. The summed E-state index contributed by atoms with van der Waals surface area (Å²) in [5, 5.41) is 3.43. The number of piperazine rings is 1. The highest BCUT2D eigenvalue weighted by Crippen LogP contribution is 2.28. The van der Waals surface area contributed by atoms with E-state index >= 15 is 0 Å². The zero-order chi connectivity index (χ0) is 13.2. The van der Waals surface area contributed by atoms with Crippen molar-refractivity contribution in [3.05, 3.63) is 29.8 Å². The molecule has 4 heteroatoms. The van der Waals surface area contributed by atoms with E-state index in [9.17, 15) is 4.79 Å². The first-order chi connectivity index (χ1) is 9.25. The molecule has 1 amide bonds. The van der Waals surface area contributed by atoms with Gasteiger partial charge in [0.1, 0.15) is 0 Å². The van der Waals surface area contributed by atoms with Gasteiger partial charge in [0.05, 0.1) is 6.42 Å². The zero-order valence-electron chi connectivity index (χ0n) is 11.4. The summed E-state index contributed by atoms with van der Waals surface area (Å²) in [7, 11) is 2.17. The first-order valence-electron chi connectivity index (χ1n) is 7.05. The summed E-state index contributed by atoms with van der Waals surface area (Å²) in [4.78, 5) is 16.4. The maximum Gasteiger partial charge on any atom is 0.231 e. The zero-order valence-corrected chi connectivity index (χ0v) is 11.4. The second kappa shape index (κ2) is 5.31. The number of nitrogens with one attached hydrogen (secondary N) is 1. The molecule has 1 unspecified atom stereocenters. The van der Waals surface area contributed by atoms with Gasteiger partial charge in [0.25, 0.3) is 0 Å². The van der Waals surface area contributed by atoms with Crippen LogP contribution in [0.2, 0.25) is 0 Å². The Morgan fingerprint density at radius 2 is 2.21 bits per heavy atom. The van der Waals surface area contributed by atoms with Gasteiger partial charge in [0.2, 0.25) is 5.91 Å². The van der Waals surface area contributed by atoms with Crippen molar-refractivity contribution in [3.63, 3.8) is 0 Å². The van der Waals surface area contributed by atoms with Crippen LogP contribution >= 0.6 is 0 Å². The van der Waals surface area contributed by atoms with Crippen molar-refractivity contribution in [3.8, 4) is 0 Å². The number of amides is 1. The van der Waals surface area contributed by atoms with Crippen LogP contribution in [0.4, 0.5) is 5.69 Å². The fourth-order valence-corrected chi connectivity index (χ4v) is 3.02. The molecule has 0 spiro atoms. The number of fused-ring (bicyclic) bond motifs is 1. The van der Waals surface area contributed by atoms with Crippen LogP contribution in [-0.4, -0.2) is 50.1 Å². The molecule has 1 aromatic carbocycles. The third kappa shape index (κ3) is 2.51. The maximum atomic E-state index is 12.1. The van der Waals surface area contributed by atoms with E-state index in [4.69, 9.17) is 0 Å². The quantitative estimate of drug-likeness (QED) is 0.875. The smallest absolute Gasteiger partial charge is 0.231 e. The van der Waals surface area contributed by atoms with Gasteiger partial charge in [-0.1, -0.05) is 18.2 Å². The standard InChI is InChI=1S/C15H21N3O/c1-17-9-7-16-11-13(17)6-8-18-14-5-3-2-4-12(14)10-15(18)19/h2-5,13,16H,6-11H2,1H3. The molecule has 0 radical (unpaired) electrons. The van der Waals surface area contributed by atoms with Crippen LogP contribution in [0.25, 0.3) is 0 Å². The molecule has 19 heavy (non-hydrogen) atoms. The van der Waals surface area contributed by atoms with Crippen molar-refractivity contribution in [1.29, 1.82) is 0 Å². The van der Waals surface area contributed by atoms with E-state index in [0.717, 1.165) is 38.3 Å². The van der Waals surface area contributed by atoms with E-state index < -0.39 is 0 Å². The average Bonchev–Trinajstić information content (AvgIpc) is 2.74. The molecule has 1 aromatic rings. The number of rotatable bonds is 3. The largest absolute Gasteiger partial charge is 0.314 e. The lowest BCUT2D eigenvalue weighted by atomic mass is 10.1. The molecule has 3 rings (SSSR count). The molecular weight excluding hydrogens is 238 g/mol. The topological polar surface area (TPSA) is 35.6 Å². The van der Waals surface area contributed by atoms with Crippen LogP contribution in [0.1, 0.15) is 12.0 Å². The van der Waals surface area contributed by atoms with Gasteiger partial charge in [-0.2, -0.15) is 0 Å². The normalized spacial score (nSPS) is 23.7. The second-order valence-corrected chi connectivity index (χ2v) is 5.48. The summed E-state index contributed by atoms with van der Waals surface area (Å²) in [5.74, 6) is 0.243. The molecule has 1 N–H and O–H groups in total. The molecule has 0 aromatic heterocycles. The van der Waals surface area contributed by atoms with Crippen LogP contribution < -0.4 is 10.2 Å². The van der Waals surface area contributed by atoms with E-state index in [1.54, 1.807) is 0 Å². The summed E-state index contributed by atoms with van der Waals surface area (Å²) < 4.78 is 0. The van der Waals surface area contributed by atoms with Crippen LogP contribution in [0, 0.1) is 0 Å². The van der Waals surface area contributed by atoms with Crippen molar-refractivity contribution in [2.75, 3.05) is 38.1 Å². The Balaban J connectivity index is 1.65. The van der Waals surface area contributed by atoms with Crippen molar-refractivity contribution < 1.29 is 4.79 Å². The number of benzene rings is 1. The number of nitrogens with zero attached hydrogens (tertiary/aromatic N) is 2. The van der Waals surface area contributed by atoms with Gasteiger partial charge in [-0.15, -0.1) is 0 Å². The summed E-state index contributed by atoms with van der Waals surface area (Å²) in [6.45, 7) is 4.01. The van der Waals surface area contributed by atoms with E-state index in [2.05, 4.69) is 29.4 Å². The lowest BCUT2D eigenvalue weighted by Gasteiger charge is -2.34. The molecule has 0 aliphatic carbocycles. The summed E-state index contributed by atoms with van der Waals surface area (Å²) in [6, 6.07) is 8.67. The Morgan fingerprint density at radius 3 is 3.05 bits per heavy atom. The van der Waals surface area contributed by atoms with Gasteiger partial charge >= 0.3 is 0 Å². The molecule has 0 saturated carbocycles. The molecule has 102 valence electrons. The number of likely N-dealkylation sites (N-methyl/N-ethyl adjacent to an activating group) is 1. The fourth-order valence-electron chi connectivity index (χ4n) is 3.02. The molecule has 2 aliphatic heterocycles. The van der Waals surface area contributed by atoms with E-state index in [-0.39, 0.29) is 5.91 Å². The van der Waals surface area contributed by atoms with Crippen LogP contribution in [0.5, 0.6) is 0 Å². The van der Waals surface area contributed by atoms with Crippen molar-refractivity contribution in [2.45, 2.75) is 18.9 Å². The minimum absolute atomic E-state index is 0.243. The predicted molar refractivity (Wildman–Crippen MR) is 76.4 cm³/mol. The number of para-hydroxylation sites is 1. The van der Waals surface area contributed by atoms with Gasteiger partial charge in [-0.3, -0.25) is 4.79 Å². The molecular formula is C15H21N3O. The minimum Gasteiger partial charge on any atom is -0.314 e. The number of hydrogen-bond donors (Lipinski definition) is 1. The Morgan fingerprint density at radius 1 is 1.37 bits per heavy atom. The van der Waals surface area contributed by atoms with Gasteiger partial charge in [0, 0.05) is 37.9 Å². The maximum absolute atomic E-state index is 12.1. The molecule has 2 heterocycles. The van der Waals surface area contributed by atoms with Gasteiger partial charge in [0.15, 0.2) is 0 Å².